The van der Waals surface area contributed by atoms with E-state index in [4.69, 9.17) is 4.74 Å². The Morgan fingerprint density at radius 3 is 2.56 bits per heavy atom. The van der Waals surface area contributed by atoms with E-state index in [0.717, 1.165) is 33.4 Å². The molecule has 0 radical (unpaired) electrons. The highest BCUT2D eigenvalue weighted by Gasteiger charge is 2.40. The number of ether oxygens (including phenoxy) is 1. The molecule has 4 rings (SSSR count). The van der Waals surface area contributed by atoms with Crippen molar-refractivity contribution in [3.8, 4) is 0 Å². The average molecular weight is 510 g/mol. The molecule has 8 nitrogen and oxygen atoms in total. The first kappa shape index (κ1) is 24.8. The number of nitrogens with one attached hydrogen (secondary N) is 1. The summed E-state index contributed by atoms with van der Waals surface area (Å²) in [4.78, 5) is 29.1. The first-order valence-electron chi connectivity index (χ1n) is 11.2. The monoisotopic (exact) mass is 509 g/mol. The highest BCUT2D eigenvalue weighted by Crippen LogP contribution is 2.38. The number of carbonyl (C=O) groups is 2. The van der Waals surface area contributed by atoms with E-state index in [1.807, 2.05) is 0 Å². The molecule has 1 unspecified atom stereocenters. The Hall–Kier alpha value is -2.34. The van der Waals surface area contributed by atoms with Gasteiger partial charge in [0.05, 0.1) is 17.6 Å². The number of methoxy groups -OCH3 is 1. The van der Waals surface area contributed by atoms with Crippen LogP contribution in [0.5, 0.6) is 0 Å². The zero-order chi connectivity index (χ0) is 24.6. The van der Waals surface area contributed by atoms with Gasteiger partial charge in [0.15, 0.2) is 0 Å². The molecule has 34 heavy (non-hydrogen) atoms. The van der Waals surface area contributed by atoms with E-state index < -0.39 is 33.8 Å². The van der Waals surface area contributed by atoms with Gasteiger partial charge in [-0.05, 0) is 62.9 Å². The SMILES string of the molecule is COC(=O)c1c(NC(=O)C2CCCN2S(=O)(=O)c2ccc(F)cc2)sc2c1CCN(C(C)C)C2. The quantitative estimate of drug-likeness (QED) is 0.601. The fraction of sp³-hybridized carbons (Fsp3) is 0.478. The summed E-state index contributed by atoms with van der Waals surface area (Å²) in [7, 11) is -2.68. The lowest BCUT2D eigenvalue weighted by molar-refractivity contribution is -0.119. The maximum absolute atomic E-state index is 13.3. The third kappa shape index (κ3) is 4.61. The summed E-state index contributed by atoms with van der Waals surface area (Å²) in [5.74, 6) is -1.55. The van der Waals surface area contributed by atoms with E-state index in [1.54, 1.807) is 0 Å². The zero-order valence-corrected chi connectivity index (χ0v) is 21.0. The molecule has 0 spiro atoms. The Kier molecular flexibility index (Phi) is 7.09. The second kappa shape index (κ2) is 9.73. The molecule has 1 atom stereocenters. The number of nitrogens with zero attached hydrogens (tertiary/aromatic N) is 2. The number of anilines is 1. The van der Waals surface area contributed by atoms with Crippen LogP contribution in [0.2, 0.25) is 0 Å². The van der Waals surface area contributed by atoms with Crippen molar-refractivity contribution < 1.29 is 27.1 Å². The van der Waals surface area contributed by atoms with Gasteiger partial charge in [0.25, 0.3) is 0 Å². The lowest BCUT2D eigenvalue weighted by Crippen LogP contribution is -2.43. The molecule has 1 amide bonds. The maximum atomic E-state index is 13.3. The van der Waals surface area contributed by atoms with E-state index >= 15 is 0 Å². The number of fused-ring (bicyclic) bond motifs is 1. The summed E-state index contributed by atoms with van der Waals surface area (Å²) < 4.78 is 45.7. The molecule has 0 bridgehead atoms. The summed E-state index contributed by atoms with van der Waals surface area (Å²) >= 11 is 1.34. The van der Waals surface area contributed by atoms with Gasteiger partial charge in [0, 0.05) is 30.6 Å². The summed E-state index contributed by atoms with van der Waals surface area (Å²) in [5, 5.41) is 3.21. The van der Waals surface area contributed by atoms with Crippen molar-refractivity contribution in [2.24, 2.45) is 0 Å². The van der Waals surface area contributed by atoms with Gasteiger partial charge < -0.3 is 10.1 Å². The van der Waals surface area contributed by atoms with Crippen LogP contribution in [-0.4, -0.2) is 61.8 Å². The van der Waals surface area contributed by atoms with Crippen molar-refractivity contribution in [2.75, 3.05) is 25.5 Å². The molecule has 0 saturated carbocycles. The number of sulfonamides is 1. The fourth-order valence-electron chi connectivity index (χ4n) is 4.50. The number of amides is 1. The number of carbonyl (C=O) groups excluding carboxylic acids is 2. The molecule has 3 heterocycles. The molecule has 2 aliphatic rings. The third-order valence-corrected chi connectivity index (χ3v) is 9.42. The molecular weight excluding hydrogens is 481 g/mol. The lowest BCUT2D eigenvalue weighted by atomic mass is 10.0. The van der Waals surface area contributed by atoms with E-state index in [0.29, 0.717) is 42.4 Å². The largest absolute Gasteiger partial charge is 0.465 e. The molecule has 11 heteroatoms. The molecule has 1 N–H and O–H groups in total. The second-order valence-corrected chi connectivity index (χ2v) is 11.7. The van der Waals surface area contributed by atoms with Crippen LogP contribution in [0.4, 0.5) is 9.39 Å². The molecule has 184 valence electrons. The molecule has 1 aromatic heterocycles. The molecule has 1 fully saturated rings. The molecule has 1 saturated heterocycles. The van der Waals surface area contributed by atoms with Crippen LogP contribution >= 0.6 is 11.3 Å². The second-order valence-electron chi connectivity index (χ2n) is 8.73. The van der Waals surface area contributed by atoms with Crippen LogP contribution < -0.4 is 5.32 Å². The lowest BCUT2D eigenvalue weighted by Gasteiger charge is -2.30. The van der Waals surface area contributed by atoms with Gasteiger partial charge in [-0.3, -0.25) is 9.69 Å². The smallest absolute Gasteiger partial charge is 0.341 e. The minimum absolute atomic E-state index is 0.0655. The highest BCUT2D eigenvalue weighted by atomic mass is 32.2. The van der Waals surface area contributed by atoms with Crippen molar-refractivity contribution in [3.63, 3.8) is 0 Å². The van der Waals surface area contributed by atoms with Crippen LogP contribution in [0.25, 0.3) is 0 Å². The maximum Gasteiger partial charge on any atom is 0.341 e. The highest BCUT2D eigenvalue weighted by molar-refractivity contribution is 7.89. The molecule has 0 aliphatic carbocycles. The van der Waals surface area contributed by atoms with Crippen LogP contribution in [0.3, 0.4) is 0 Å². The number of esters is 1. The van der Waals surface area contributed by atoms with Crippen molar-refractivity contribution in [1.29, 1.82) is 0 Å². The number of rotatable bonds is 6. The number of halogens is 1. The van der Waals surface area contributed by atoms with Gasteiger partial charge in [-0.25, -0.2) is 17.6 Å². The van der Waals surface area contributed by atoms with Crippen molar-refractivity contribution in [2.45, 2.75) is 56.6 Å². The van der Waals surface area contributed by atoms with Gasteiger partial charge in [0.1, 0.15) is 16.9 Å². The Balaban J connectivity index is 1.61. The van der Waals surface area contributed by atoms with Crippen LogP contribution in [0, 0.1) is 5.82 Å². The Labute approximate surface area is 202 Å². The number of hydrogen-bond donors (Lipinski definition) is 1. The number of benzene rings is 1. The summed E-state index contributed by atoms with van der Waals surface area (Å²) in [6.07, 6.45) is 1.54. The standard InChI is InChI=1S/C23H28FN3O5S2/c1-14(2)26-12-10-17-19(13-26)33-22(20(17)23(29)32-3)25-21(28)18-5-4-11-27(18)34(30,31)16-8-6-15(24)7-9-16/h6-9,14,18H,4-5,10-13H2,1-3H3,(H,25,28). The third-order valence-electron chi connectivity index (χ3n) is 6.37. The van der Waals surface area contributed by atoms with Gasteiger partial charge in [-0.2, -0.15) is 4.31 Å². The normalized spacial score (nSPS) is 19.3. The van der Waals surface area contributed by atoms with E-state index in [1.165, 1.54) is 30.6 Å². The van der Waals surface area contributed by atoms with Gasteiger partial charge in [-0.1, -0.05) is 0 Å². The Morgan fingerprint density at radius 2 is 1.91 bits per heavy atom. The molecule has 2 aromatic rings. The van der Waals surface area contributed by atoms with Gasteiger partial charge >= 0.3 is 5.97 Å². The Morgan fingerprint density at radius 1 is 1.21 bits per heavy atom. The number of thiophene rings is 1. The predicted molar refractivity (Wildman–Crippen MR) is 127 cm³/mol. The van der Waals surface area contributed by atoms with Gasteiger partial charge in [-0.15, -0.1) is 11.3 Å². The van der Waals surface area contributed by atoms with Crippen LogP contribution in [0.1, 0.15) is 47.5 Å². The van der Waals surface area contributed by atoms with Crippen molar-refractivity contribution in [3.05, 3.63) is 46.1 Å². The molecule has 2 aliphatic heterocycles. The summed E-state index contributed by atoms with van der Waals surface area (Å²) in [5.41, 5.74) is 1.23. The van der Waals surface area contributed by atoms with Crippen molar-refractivity contribution in [1.82, 2.24) is 9.21 Å². The van der Waals surface area contributed by atoms with E-state index in [9.17, 15) is 22.4 Å². The van der Waals surface area contributed by atoms with E-state index in [2.05, 4.69) is 24.1 Å². The summed E-state index contributed by atoms with van der Waals surface area (Å²) in [6.45, 7) is 5.88. The molecule has 1 aromatic carbocycles. The number of hydrogen-bond acceptors (Lipinski definition) is 7. The zero-order valence-electron chi connectivity index (χ0n) is 19.3. The van der Waals surface area contributed by atoms with Crippen molar-refractivity contribution >= 4 is 38.2 Å². The first-order chi connectivity index (χ1) is 16.1. The van der Waals surface area contributed by atoms with Crippen LogP contribution in [0.15, 0.2) is 29.2 Å². The first-order valence-corrected chi connectivity index (χ1v) is 13.4. The fourth-order valence-corrected chi connectivity index (χ4v) is 7.42. The predicted octanol–water partition coefficient (Wildman–Crippen LogP) is 3.23. The topological polar surface area (TPSA) is 96.0 Å². The minimum Gasteiger partial charge on any atom is -0.465 e. The van der Waals surface area contributed by atoms with E-state index in [-0.39, 0.29) is 11.4 Å². The Bertz CT molecular complexity index is 1190. The average Bonchev–Trinajstić information content (AvgIpc) is 3.43. The minimum atomic E-state index is -3.98. The van der Waals surface area contributed by atoms with Crippen LogP contribution in [-0.2, 0) is 32.5 Å². The van der Waals surface area contributed by atoms with Gasteiger partial charge in [0.2, 0.25) is 15.9 Å². The molecular formula is C23H28FN3O5S2. The summed E-state index contributed by atoms with van der Waals surface area (Å²) in [6, 6.07) is 3.97.